The van der Waals surface area contributed by atoms with Crippen molar-refractivity contribution in [3.8, 4) is 22.3 Å². The van der Waals surface area contributed by atoms with Gasteiger partial charge in [-0.05, 0) is 131 Å². The number of benzene rings is 4. The Morgan fingerprint density at radius 3 is 2.15 bits per heavy atom. The Bertz CT molecular complexity index is 1880. The van der Waals surface area contributed by atoms with E-state index in [1.54, 1.807) is 0 Å². The second-order valence-corrected chi connectivity index (χ2v) is 13.2. The lowest BCUT2D eigenvalue weighted by Crippen LogP contribution is -2.18. The molecule has 1 aromatic heterocycles. The molecule has 2 N–H and O–H groups in total. The molecule has 5 aromatic rings. The first kappa shape index (κ1) is 22.0. The lowest BCUT2D eigenvalue weighted by Gasteiger charge is -2.11. The molecule has 3 heterocycles. The van der Waals surface area contributed by atoms with Crippen LogP contribution in [0.2, 0.25) is 0 Å². The van der Waals surface area contributed by atoms with Crippen molar-refractivity contribution in [2.45, 2.75) is 50.6 Å². The third-order valence-corrected chi connectivity index (χ3v) is 10.6. The molecule has 1 unspecified atom stereocenters. The minimum atomic E-state index is 0.382. The van der Waals surface area contributed by atoms with Crippen LogP contribution in [0.3, 0.4) is 0 Å². The Hall–Kier alpha value is -3.76. The van der Waals surface area contributed by atoms with Gasteiger partial charge in [0.2, 0.25) is 0 Å². The van der Waals surface area contributed by atoms with Crippen LogP contribution in [-0.2, 0) is 6.42 Å². The van der Waals surface area contributed by atoms with E-state index in [2.05, 4.69) is 83.1 Å². The molecule has 1 saturated heterocycles. The predicted octanol–water partition coefficient (Wildman–Crippen LogP) is 8.15. The van der Waals surface area contributed by atoms with Crippen molar-refractivity contribution in [1.29, 1.82) is 0 Å². The van der Waals surface area contributed by atoms with E-state index in [1.807, 2.05) is 0 Å². The van der Waals surface area contributed by atoms with Gasteiger partial charge in [-0.1, -0.05) is 36.4 Å². The zero-order valence-corrected chi connectivity index (χ0v) is 22.5. The molecule has 0 bridgehead atoms. The van der Waals surface area contributed by atoms with E-state index >= 15 is 0 Å². The topological polar surface area (TPSA) is 53.1 Å². The van der Waals surface area contributed by atoms with Crippen molar-refractivity contribution in [1.82, 2.24) is 15.3 Å². The Morgan fingerprint density at radius 1 is 0.650 bits per heavy atom. The van der Waals surface area contributed by atoms with Gasteiger partial charge in [0.25, 0.3) is 0 Å². The van der Waals surface area contributed by atoms with Crippen LogP contribution in [0.5, 0.6) is 0 Å². The Balaban J connectivity index is 0.914. The first-order valence-electron chi connectivity index (χ1n) is 15.2. The highest BCUT2D eigenvalue weighted by Crippen LogP contribution is 2.55. The van der Waals surface area contributed by atoms with Gasteiger partial charge >= 0.3 is 0 Å². The van der Waals surface area contributed by atoms with Crippen LogP contribution in [-0.4, -0.2) is 21.7 Å². The summed E-state index contributed by atoms with van der Waals surface area (Å²) in [6.45, 7) is 0. The van der Waals surface area contributed by atoms with Gasteiger partial charge in [0, 0.05) is 18.2 Å². The van der Waals surface area contributed by atoms with Crippen LogP contribution >= 0.6 is 0 Å². The van der Waals surface area contributed by atoms with E-state index in [4.69, 9.17) is 9.98 Å². The predicted molar refractivity (Wildman–Crippen MR) is 162 cm³/mol. The SMILES string of the molecule is c1cc2c(cc1-c1ccc3cc(-c4ccc5nc([C@@H]6C[C@H]7C[C@H]7N6)[nH]c5c4)ccc3c1)CC(C1C[C@@H]3C[C@@H]3C1)=N2. The van der Waals surface area contributed by atoms with Crippen LogP contribution < -0.4 is 5.32 Å². The second kappa shape index (κ2) is 7.92. The molecule has 0 spiro atoms. The highest BCUT2D eigenvalue weighted by atomic mass is 15.1. The average Bonchev–Trinajstić information content (AvgIpc) is 3.57. The van der Waals surface area contributed by atoms with Gasteiger partial charge < -0.3 is 10.3 Å². The molecule has 10 rings (SSSR count). The number of aliphatic imine (C=N–C) groups is 1. The van der Waals surface area contributed by atoms with Gasteiger partial charge in [0.15, 0.2) is 0 Å². The summed E-state index contributed by atoms with van der Waals surface area (Å²) in [5.41, 5.74) is 11.3. The van der Waals surface area contributed by atoms with Crippen LogP contribution in [0.15, 0.2) is 77.8 Å². The lowest BCUT2D eigenvalue weighted by atomic mass is 9.93. The van der Waals surface area contributed by atoms with Crippen LogP contribution in [0.4, 0.5) is 5.69 Å². The van der Waals surface area contributed by atoms with E-state index in [1.165, 1.54) is 82.1 Å². The highest BCUT2D eigenvalue weighted by molar-refractivity contribution is 5.97. The average molecular weight is 521 g/mol. The summed E-state index contributed by atoms with van der Waals surface area (Å²) >= 11 is 0. The first-order valence-corrected chi connectivity index (χ1v) is 15.2. The van der Waals surface area contributed by atoms with Crippen molar-refractivity contribution >= 4 is 33.2 Å². The Morgan fingerprint density at radius 2 is 1.38 bits per heavy atom. The van der Waals surface area contributed by atoms with E-state index in [-0.39, 0.29) is 0 Å². The van der Waals surface area contributed by atoms with E-state index < -0.39 is 0 Å². The molecule has 4 nitrogen and oxygen atoms in total. The largest absolute Gasteiger partial charge is 0.341 e. The summed E-state index contributed by atoms with van der Waals surface area (Å²) < 4.78 is 0. The Kier molecular flexibility index (Phi) is 4.35. The summed E-state index contributed by atoms with van der Waals surface area (Å²) in [6, 6.07) is 28.3. The number of imidazole rings is 1. The van der Waals surface area contributed by atoms with Gasteiger partial charge in [-0.3, -0.25) is 4.99 Å². The molecule has 2 aliphatic heterocycles. The number of H-pyrrole nitrogens is 1. The highest BCUT2D eigenvalue weighted by Gasteiger charge is 2.48. The monoisotopic (exact) mass is 520 g/mol. The maximum absolute atomic E-state index is 5.06. The van der Waals surface area contributed by atoms with E-state index in [0.29, 0.717) is 6.04 Å². The third-order valence-electron chi connectivity index (χ3n) is 10.6. The molecular weight excluding hydrogens is 488 g/mol. The van der Waals surface area contributed by atoms with Gasteiger partial charge in [0.05, 0.1) is 22.8 Å². The van der Waals surface area contributed by atoms with Gasteiger partial charge in [-0.15, -0.1) is 0 Å². The maximum Gasteiger partial charge on any atom is 0.124 e. The van der Waals surface area contributed by atoms with Gasteiger partial charge in [0.1, 0.15) is 5.82 Å². The second-order valence-electron chi connectivity index (χ2n) is 13.2. The normalized spacial score (nSPS) is 29.4. The van der Waals surface area contributed by atoms with Crippen molar-refractivity contribution in [2.75, 3.05) is 0 Å². The van der Waals surface area contributed by atoms with Crippen molar-refractivity contribution in [3.05, 3.63) is 84.2 Å². The standard InChI is InChI=1S/C36H32N4/c1-2-21(23-5-7-30-28(11-23)16-32(37-30)27-13-25-12-26(25)14-27)9-19-3-4-22(10-20(1)19)24-6-8-31-34(15-24)40-36(39-31)35-18-29-17-33(29)38-35/h1-11,15,25-27,29,33,35,38H,12-14,16-18H2,(H,39,40)/t25-,26+,27?,29-,33-,35+/m1/s1. The number of aromatic amines is 1. The van der Waals surface area contributed by atoms with E-state index in [9.17, 15) is 0 Å². The molecule has 3 saturated carbocycles. The summed E-state index contributed by atoms with van der Waals surface area (Å²) in [4.78, 5) is 13.6. The van der Waals surface area contributed by atoms with Crippen LogP contribution in [0.1, 0.15) is 49.5 Å². The van der Waals surface area contributed by atoms with Gasteiger partial charge in [-0.25, -0.2) is 4.98 Å². The number of rotatable bonds is 4. The number of hydrogen-bond donors (Lipinski definition) is 2. The molecule has 5 aliphatic rings. The van der Waals surface area contributed by atoms with Crippen molar-refractivity contribution in [3.63, 3.8) is 0 Å². The molecule has 4 heteroatoms. The third kappa shape index (κ3) is 3.48. The minimum Gasteiger partial charge on any atom is -0.341 e. The lowest BCUT2D eigenvalue weighted by molar-refractivity contribution is 0.544. The summed E-state index contributed by atoms with van der Waals surface area (Å²) in [6.07, 6.45) is 7.84. The number of aromatic nitrogens is 2. The van der Waals surface area contributed by atoms with Crippen molar-refractivity contribution in [2.24, 2.45) is 28.7 Å². The quantitative estimate of drug-likeness (QED) is 0.251. The minimum absolute atomic E-state index is 0.382. The number of piperidine rings is 1. The zero-order chi connectivity index (χ0) is 25.9. The fourth-order valence-corrected chi connectivity index (χ4v) is 8.14. The molecule has 6 atom stereocenters. The summed E-state index contributed by atoms with van der Waals surface area (Å²) in [5, 5.41) is 6.27. The number of nitrogens with zero attached hydrogens (tertiary/aromatic N) is 2. The number of fused-ring (bicyclic) bond motifs is 5. The summed E-state index contributed by atoms with van der Waals surface area (Å²) in [5.74, 6) is 4.71. The number of nitrogens with one attached hydrogen (secondary N) is 2. The van der Waals surface area contributed by atoms with Crippen LogP contribution in [0, 0.1) is 23.7 Å². The van der Waals surface area contributed by atoms with E-state index in [0.717, 1.165) is 53.0 Å². The molecule has 196 valence electrons. The zero-order valence-electron chi connectivity index (χ0n) is 22.5. The molecule has 40 heavy (non-hydrogen) atoms. The molecule has 0 radical (unpaired) electrons. The molecular formula is C36H32N4. The Labute approximate surface area is 233 Å². The van der Waals surface area contributed by atoms with Crippen molar-refractivity contribution < 1.29 is 0 Å². The van der Waals surface area contributed by atoms with Crippen LogP contribution in [0.25, 0.3) is 44.1 Å². The number of hydrogen-bond acceptors (Lipinski definition) is 3. The fourth-order valence-electron chi connectivity index (χ4n) is 8.14. The summed E-state index contributed by atoms with van der Waals surface area (Å²) in [7, 11) is 0. The first-order chi connectivity index (χ1) is 19.7. The molecule has 0 amide bonds. The van der Waals surface area contributed by atoms with Gasteiger partial charge in [-0.2, -0.15) is 0 Å². The maximum atomic E-state index is 5.06. The molecule has 4 fully saturated rings. The molecule has 4 aromatic carbocycles. The fraction of sp³-hybridized carbons (Fsp3) is 0.333. The molecule has 3 aliphatic carbocycles. The smallest absolute Gasteiger partial charge is 0.124 e.